The van der Waals surface area contributed by atoms with Crippen molar-refractivity contribution < 1.29 is 4.79 Å². The lowest BCUT2D eigenvalue weighted by atomic mass is 10.0. The lowest BCUT2D eigenvalue weighted by Gasteiger charge is -2.32. The van der Waals surface area contributed by atoms with Gasteiger partial charge in [-0.2, -0.15) is 0 Å². The molecule has 0 aliphatic carbocycles. The molecule has 108 valence electrons. The third-order valence-electron chi connectivity index (χ3n) is 3.83. The first-order chi connectivity index (χ1) is 10.1. The maximum absolute atomic E-state index is 12.4. The van der Waals surface area contributed by atoms with Crippen LogP contribution >= 0.6 is 27.3 Å². The third-order valence-corrected chi connectivity index (χ3v) is 5.32. The number of benzene rings is 1. The number of hydrogen-bond acceptors (Lipinski definition) is 2. The summed E-state index contributed by atoms with van der Waals surface area (Å²) in [5.74, 6) is 0.0827. The lowest BCUT2D eigenvalue weighted by molar-refractivity contribution is -0.128. The van der Waals surface area contributed by atoms with E-state index in [-0.39, 0.29) is 11.9 Å². The van der Waals surface area contributed by atoms with Crippen LogP contribution in [0.5, 0.6) is 0 Å². The Morgan fingerprint density at radius 3 is 3.10 bits per heavy atom. The quantitative estimate of drug-likeness (QED) is 0.711. The maximum Gasteiger partial charge on any atom is 0.247 e. The minimum absolute atomic E-state index is 0.0827. The van der Waals surface area contributed by atoms with Crippen molar-refractivity contribution in [2.75, 3.05) is 6.54 Å². The highest BCUT2D eigenvalue weighted by Gasteiger charge is 2.26. The SMILES string of the molecule is C[C@H]1c2ccsc2CCN1C(=O)/C=C/c1cccc(Br)c1. The summed E-state index contributed by atoms with van der Waals surface area (Å²) < 4.78 is 1.02. The molecule has 0 unspecified atom stereocenters. The molecule has 0 saturated heterocycles. The Kier molecular flexibility index (Phi) is 4.27. The molecule has 0 radical (unpaired) electrons. The van der Waals surface area contributed by atoms with Crippen LogP contribution in [0.25, 0.3) is 6.08 Å². The fourth-order valence-electron chi connectivity index (χ4n) is 2.68. The molecule has 1 aromatic carbocycles. The van der Waals surface area contributed by atoms with Gasteiger partial charge in [-0.3, -0.25) is 4.79 Å². The molecule has 1 atom stereocenters. The minimum Gasteiger partial charge on any atom is -0.332 e. The van der Waals surface area contributed by atoms with Crippen molar-refractivity contribution in [1.29, 1.82) is 0 Å². The van der Waals surface area contributed by atoms with Gasteiger partial charge in [-0.25, -0.2) is 0 Å². The molecule has 0 saturated carbocycles. The van der Waals surface area contributed by atoms with Crippen LogP contribution in [-0.2, 0) is 11.2 Å². The summed E-state index contributed by atoms with van der Waals surface area (Å²) in [5, 5.41) is 2.12. The zero-order chi connectivity index (χ0) is 14.8. The Labute approximate surface area is 137 Å². The van der Waals surface area contributed by atoms with Crippen molar-refractivity contribution in [3.8, 4) is 0 Å². The number of amides is 1. The first kappa shape index (κ1) is 14.5. The van der Waals surface area contributed by atoms with Gasteiger partial charge >= 0.3 is 0 Å². The topological polar surface area (TPSA) is 20.3 Å². The van der Waals surface area contributed by atoms with Gasteiger partial charge in [0.2, 0.25) is 5.91 Å². The van der Waals surface area contributed by atoms with E-state index in [1.165, 1.54) is 10.4 Å². The monoisotopic (exact) mass is 361 g/mol. The van der Waals surface area contributed by atoms with E-state index in [2.05, 4.69) is 34.3 Å². The average molecular weight is 362 g/mol. The van der Waals surface area contributed by atoms with Gasteiger partial charge in [0.05, 0.1) is 6.04 Å². The highest BCUT2D eigenvalue weighted by Crippen LogP contribution is 2.32. The van der Waals surface area contributed by atoms with Gasteiger partial charge in [-0.1, -0.05) is 28.1 Å². The van der Waals surface area contributed by atoms with Crippen LogP contribution in [0.4, 0.5) is 0 Å². The summed E-state index contributed by atoms with van der Waals surface area (Å²) >= 11 is 5.23. The molecule has 0 N–H and O–H groups in total. The molecule has 4 heteroatoms. The van der Waals surface area contributed by atoms with Crippen LogP contribution in [-0.4, -0.2) is 17.4 Å². The van der Waals surface area contributed by atoms with Gasteiger partial charge in [0.1, 0.15) is 0 Å². The number of hydrogen-bond donors (Lipinski definition) is 0. The smallest absolute Gasteiger partial charge is 0.247 e. The van der Waals surface area contributed by atoms with Gasteiger partial charge < -0.3 is 4.90 Å². The Hall–Kier alpha value is -1.39. The van der Waals surface area contributed by atoms with E-state index in [4.69, 9.17) is 0 Å². The molecular formula is C17H16BrNOS. The lowest BCUT2D eigenvalue weighted by Crippen LogP contribution is -2.37. The van der Waals surface area contributed by atoms with Crippen LogP contribution < -0.4 is 0 Å². The fraction of sp³-hybridized carbons (Fsp3) is 0.235. The van der Waals surface area contributed by atoms with Crippen LogP contribution in [0.15, 0.2) is 46.3 Å². The maximum atomic E-state index is 12.4. The molecule has 0 fully saturated rings. The first-order valence-electron chi connectivity index (χ1n) is 6.95. The third kappa shape index (κ3) is 3.11. The number of nitrogens with zero attached hydrogens (tertiary/aromatic N) is 1. The highest BCUT2D eigenvalue weighted by molar-refractivity contribution is 9.10. The number of halogens is 1. The fourth-order valence-corrected chi connectivity index (χ4v) is 4.06. The van der Waals surface area contributed by atoms with Gasteiger partial charge in [-0.05, 0) is 54.1 Å². The van der Waals surface area contributed by atoms with E-state index >= 15 is 0 Å². The van der Waals surface area contributed by atoms with Crippen LogP contribution in [0.2, 0.25) is 0 Å². The first-order valence-corrected chi connectivity index (χ1v) is 8.63. The molecule has 21 heavy (non-hydrogen) atoms. The van der Waals surface area contributed by atoms with E-state index in [1.54, 1.807) is 17.4 Å². The number of thiophene rings is 1. The molecule has 2 aromatic rings. The summed E-state index contributed by atoms with van der Waals surface area (Å²) in [7, 11) is 0. The predicted octanol–water partition coefficient (Wildman–Crippen LogP) is 4.67. The second kappa shape index (κ2) is 6.16. The molecule has 2 heterocycles. The molecule has 1 aliphatic rings. The molecule has 0 spiro atoms. The highest BCUT2D eigenvalue weighted by atomic mass is 79.9. The molecule has 1 aromatic heterocycles. The molecule has 1 aliphatic heterocycles. The Balaban J connectivity index is 1.74. The zero-order valence-electron chi connectivity index (χ0n) is 11.8. The van der Waals surface area contributed by atoms with Crippen molar-refractivity contribution in [1.82, 2.24) is 4.90 Å². The molecule has 3 rings (SSSR count). The second-order valence-electron chi connectivity index (χ2n) is 5.15. The average Bonchev–Trinajstić information content (AvgIpc) is 2.95. The molecule has 1 amide bonds. The van der Waals surface area contributed by atoms with Crippen LogP contribution in [0, 0.1) is 0 Å². The Morgan fingerprint density at radius 1 is 1.43 bits per heavy atom. The molecule has 2 nitrogen and oxygen atoms in total. The van der Waals surface area contributed by atoms with Gasteiger partial charge in [0.25, 0.3) is 0 Å². The second-order valence-corrected chi connectivity index (χ2v) is 7.06. The van der Waals surface area contributed by atoms with Gasteiger partial charge in [-0.15, -0.1) is 11.3 Å². The van der Waals surface area contributed by atoms with E-state index in [9.17, 15) is 4.79 Å². The number of fused-ring (bicyclic) bond motifs is 1. The van der Waals surface area contributed by atoms with Crippen LogP contribution in [0.3, 0.4) is 0 Å². The molecule has 0 bridgehead atoms. The van der Waals surface area contributed by atoms with E-state index < -0.39 is 0 Å². The van der Waals surface area contributed by atoms with Gasteiger partial charge in [0, 0.05) is 22.0 Å². The largest absolute Gasteiger partial charge is 0.332 e. The standard InChI is InChI=1S/C17H16BrNOS/c1-12-15-8-10-21-16(15)7-9-19(12)17(20)6-5-13-3-2-4-14(18)11-13/h2-6,8,10-12H,7,9H2,1H3/b6-5+/t12-/m0/s1. The van der Waals surface area contributed by atoms with Gasteiger partial charge in [0.15, 0.2) is 0 Å². The summed E-state index contributed by atoms with van der Waals surface area (Å²) in [6.45, 7) is 2.91. The van der Waals surface area contributed by atoms with Crippen molar-refractivity contribution in [3.05, 3.63) is 62.3 Å². The number of carbonyl (C=O) groups excluding carboxylic acids is 1. The Morgan fingerprint density at radius 2 is 2.29 bits per heavy atom. The summed E-state index contributed by atoms with van der Waals surface area (Å²) in [4.78, 5) is 15.8. The van der Waals surface area contributed by atoms with Crippen molar-refractivity contribution in [3.63, 3.8) is 0 Å². The van der Waals surface area contributed by atoms with Crippen molar-refractivity contribution in [2.24, 2.45) is 0 Å². The summed E-state index contributed by atoms with van der Waals surface area (Å²) in [6, 6.07) is 10.2. The normalized spacial score (nSPS) is 18.0. The van der Waals surface area contributed by atoms with Crippen molar-refractivity contribution in [2.45, 2.75) is 19.4 Å². The van der Waals surface area contributed by atoms with E-state index in [1.807, 2.05) is 35.2 Å². The predicted molar refractivity (Wildman–Crippen MR) is 91.3 cm³/mol. The Bertz CT molecular complexity index is 692. The summed E-state index contributed by atoms with van der Waals surface area (Å²) in [6.07, 6.45) is 4.52. The minimum atomic E-state index is 0.0827. The number of rotatable bonds is 2. The zero-order valence-corrected chi connectivity index (χ0v) is 14.2. The van der Waals surface area contributed by atoms with E-state index in [0.29, 0.717) is 0 Å². The number of carbonyl (C=O) groups is 1. The van der Waals surface area contributed by atoms with E-state index in [0.717, 1.165) is 23.0 Å². The summed E-state index contributed by atoms with van der Waals surface area (Å²) in [5.41, 5.74) is 2.33. The van der Waals surface area contributed by atoms with Crippen LogP contribution in [0.1, 0.15) is 29.0 Å². The van der Waals surface area contributed by atoms with Crippen molar-refractivity contribution >= 4 is 39.2 Å². The molecular weight excluding hydrogens is 346 g/mol.